The molecule has 2 N–H and O–H groups in total. The molecule has 94 valence electrons. The number of aliphatic hydroxyl groups is 2. The van der Waals surface area contributed by atoms with Crippen LogP contribution in [0.2, 0.25) is 0 Å². The predicted molar refractivity (Wildman–Crippen MR) is 62.4 cm³/mol. The molecule has 0 radical (unpaired) electrons. The zero-order chi connectivity index (χ0) is 12.5. The van der Waals surface area contributed by atoms with Crippen LogP contribution in [0.3, 0.4) is 0 Å². The molecule has 5 heteroatoms. The Balaban J connectivity index is 2.41. The van der Waals surface area contributed by atoms with Crippen LogP contribution in [-0.4, -0.2) is 47.5 Å². The number of nitrogens with zero attached hydrogens (tertiary/aromatic N) is 1. The van der Waals surface area contributed by atoms with Crippen LogP contribution in [-0.2, 0) is 11.3 Å². The van der Waals surface area contributed by atoms with E-state index in [9.17, 15) is 4.79 Å². The van der Waals surface area contributed by atoms with Crippen molar-refractivity contribution in [1.29, 1.82) is 0 Å². The average Bonchev–Trinajstić information content (AvgIpc) is 2.37. The predicted octanol–water partition coefficient (Wildman–Crippen LogP) is 0.610. The van der Waals surface area contributed by atoms with E-state index in [1.807, 2.05) is 30.3 Å². The summed E-state index contributed by atoms with van der Waals surface area (Å²) in [5.41, 5.74) is 0.897. The van der Waals surface area contributed by atoms with Crippen LogP contribution in [0.25, 0.3) is 0 Å². The van der Waals surface area contributed by atoms with Gasteiger partial charge in [-0.25, -0.2) is 4.79 Å². The molecule has 0 aliphatic carbocycles. The molecule has 0 unspecified atom stereocenters. The molecule has 0 saturated heterocycles. The Morgan fingerprint density at radius 1 is 1.12 bits per heavy atom. The second kappa shape index (κ2) is 7.65. The second-order valence-electron chi connectivity index (χ2n) is 3.47. The van der Waals surface area contributed by atoms with Crippen LogP contribution in [0.5, 0.6) is 0 Å². The van der Waals surface area contributed by atoms with Crippen molar-refractivity contribution >= 4 is 6.09 Å². The van der Waals surface area contributed by atoms with Crippen LogP contribution in [0.15, 0.2) is 30.3 Å². The first-order chi connectivity index (χ1) is 8.27. The van der Waals surface area contributed by atoms with Gasteiger partial charge in [0.1, 0.15) is 6.61 Å². The molecule has 0 fully saturated rings. The van der Waals surface area contributed by atoms with Gasteiger partial charge in [-0.1, -0.05) is 30.3 Å². The highest BCUT2D eigenvalue weighted by Gasteiger charge is 2.13. The van der Waals surface area contributed by atoms with Gasteiger partial charge in [-0.15, -0.1) is 0 Å². The summed E-state index contributed by atoms with van der Waals surface area (Å²) in [6, 6.07) is 9.32. The zero-order valence-corrected chi connectivity index (χ0v) is 9.58. The fraction of sp³-hybridized carbons (Fsp3) is 0.417. The maximum Gasteiger partial charge on any atom is 0.410 e. The SMILES string of the molecule is O=C(OCc1ccccc1)N(CCO)CCO. The Morgan fingerprint density at radius 3 is 2.24 bits per heavy atom. The minimum atomic E-state index is -0.531. The van der Waals surface area contributed by atoms with Crippen molar-refractivity contribution < 1.29 is 19.7 Å². The number of hydrogen-bond donors (Lipinski definition) is 2. The molecular formula is C12H17NO4. The minimum Gasteiger partial charge on any atom is -0.445 e. The monoisotopic (exact) mass is 239 g/mol. The molecule has 0 heterocycles. The third-order valence-electron chi connectivity index (χ3n) is 2.20. The first kappa shape index (κ1) is 13.5. The number of amides is 1. The number of benzene rings is 1. The first-order valence-corrected chi connectivity index (χ1v) is 5.45. The number of ether oxygens (including phenoxy) is 1. The van der Waals surface area contributed by atoms with Crippen LogP contribution >= 0.6 is 0 Å². The van der Waals surface area contributed by atoms with E-state index in [0.29, 0.717) is 0 Å². The van der Waals surface area contributed by atoms with Crippen molar-refractivity contribution in [3.8, 4) is 0 Å². The van der Waals surface area contributed by atoms with Crippen LogP contribution in [0, 0.1) is 0 Å². The molecule has 0 aliphatic heterocycles. The molecule has 17 heavy (non-hydrogen) atoms. The summed E-state index contributed by atoms with van der Waals surface area (Å²) in [6.07, 6.45) is -0.531. The molecular weight excluding hydrogens is 222 g/mol. The van der Waals surface area contributed by atoms with Crippen molar-refractivity contribution in [3.63, 3.8) is 0 Å². The minimum absolute atomic E-state index is 0.152. The quantitative estimate of drug-likeness (QED) is 0.763. The molecule has 1 aromatic rings. The number of aliphatic hydroxyl groups excluding tert-OH is 2. The van der Waals surface area contributed by atoms with Gasteiger partial charge in [-0.3, -0.25) is 0 Å². The smallest absolute Gasteiger partial charge is 0.410 e. The van der Waals surface area contributed by atoms with E-state index >= 15 is 0 Å². The molecule has 0 aromatic heterocycles. The van der Waals surface area contributed by atoms with Crippen molar-refractivity contribution in [2.24, 2.45) is 0 Å². The average molecular weight is 239 g/mol. The Kier molecular flexibility index (Phi) is 6.06. The molecule has 0 aliphatic rings. The summed E-state index contributed by atoms with van der Waals surface area (Å²) in [5, 5.41) is 17.5. The van der Waals surface area contributed by atoms with Crippen molar-refractivity contribution in [1.82, 2.24) is 4.90 Å². The van der Waals surface area contributed by atoms with Gasteiger partial charge in [-0.05, 0) is 5.56 Å². The molecule has 1 amide bonds. The summed E-state index contributed by atoms with van der Waals surface area (Å²) in [4.78, 5) is 12.8. The molecule has 0 spiro atoms. The van der Waals surface area contributed by atoms with E-state index in [1.165, 1.54) is 4.90 Å². The van der Waals surface area contributed by atoms with Crippen LogP contribution < -0.4 is 0 Å². The molecule has 1 rings (SSSR count). The normalized spacial score (nSPS) is 10.0. The topological polar surface area (TPSA) is 70.0 Å². The van der Waals surface area contributed by atoms with Gasteiger partial charge in [0, 0.05) is 13.1 Å². The van der Waals surface area contributed by atoms with Gasteiger partial charge < -0.3 is 19.8 Å². The van der Waals surface area contributed by atoms with E-state index in [4.69, 9.17) is 14.9 Å². The standard InChI is InChI=1S/C12H17NO4/c14-8-6-13(7-9-15)12(16)17-10-11-4-2-1-3-5-11/h1-5,14-15H,6-10H2. The molecule has 0 bridgehead atoms. The summed E-state index contributed by atoms with van der Waals surface area (Å²) in [7, 11) is 0. The van der Waals surface area contributed by atoms with Gasteiger partial charge in [0.25, 0.3) is 0 Å². The Labute approximate surface area is 100 Å². The number of carbonyl (C=O) groups is 1. The summed E-state index contributed by atoms with van der Waals surface area (Å²) >= 11 is 0. The summed E-state index contributed by atoms with van der Waals surface area (Å²) in [5.74, 6) is 0. The maximum atomic E-state index is 11.6. The highest BCUT2D eigenvalue weighted by atomic mass is 16.6. The fourth-order valence-corrected chi connectivity index (χ4v) is 1.35. The van der Waals surface area contributed by atoms with E-state index in [-0.39, 0.29) is 32.9 Å². The summed E-state index contributed by atoms with van der Waals surface area (Å²) in [6.45, 7) is 0.205. The van der Waals surface area contributed by atoms with E-state index in [0.717, 1.165) is 5.56 Å². The number of carbonyl (C=O) groups excluding carboxylic acids is 1. The molecule has 0 atom stereocenters. The lowest BCUT2D eigenvalue weighted by molar-refractivity contribution is 0.0809. The zero-order valence-electron chi connectivity index (χ0n) is 9.58. The van der Waals surface area contributed by atoms with Gasteiger partial charge >= 0.3 is 6.09 Å². The van der Waals surface area contributed by atoms with E-state index in [2.05, 4.69) is 0 Å². The van der Waals surface area contributed by atoms with Crippen LogP contribution in [0.4, 0.5) is 4.79 Å². The first-order valence-electron chi connectivity index (χ1n) is 5.45. The molecule has 5 nitrogen and oxygen atoms in total. The van der Waals surface area contributed by atoms with E-state index in [1.54, 1.807) is 0 Å². The van der Waals surface area contributed by atoms with Crippen LogP contribution in [0.1, 0.15) is 5.56 Å². The number of rotatable bonds is 6. The lowest BCUT2D eigenvalue weighted by Crippen LogP contribution is -2.36. The lowest BCUT2D eigenvalue weighted by Gasteiger charge is -2.19. The second-order valence-corrected chi connectivity index (χ2v) is 3.47. The van der Waals surface area contributed by atoms with Crippen molar-refractivity contribution in [3.05, 3.63) is 35.9 Å². The maximum absolute atomic E-state index is 11.6. The highest BCUT2D eigenvalue weighted by molar-refractivity contribution is 5.67. The Hall–Kier alpha value is -1.59. The number of hydrogen-bond acceptors (Lipinski definition) is 4. The third-order valence-corrected chi connectivity index (χ3v) is 2.20. The molecule has 0 saturated carbocycles. The van der Waals surface area contributed by atoms with Gasteiger partial charge in [0.05, 0.1) is 13.2 Å². The Bertz CT molecular complexity index is 323. The van der Waals surface area contributed by atoms with Crippen molar-refractivity contribution in [2.45, 2.75) is 6.61 Å². The fourth-order valence-electron chi connectivity index (χ4n) is 1.35. The van der Waals surface area contributed by atoms with Crippen molar-refractivity contribution in [2.75, 3.05) is 26.3 Å². The van der Waals surface area contributed by atoms with Gasteiger partial charge in [0.15, 0.2) is 0 Å². The van der Waals surface area contributed by atoms with E-state index < -0.39 is 6.09 Å². The Morgan fingerprint density at radius 2 is 1.71 bits per heavy atom. The highest BCUT2D eigenvalue weighted by Crippen LogP contribution is 2.03. The lowest BCUT2D eigenvalue weighted by atomic mass is 10.2. The third kappa shape index (κ3) is 4.84. The van der Waals surface area contributed by atoms with Gasteiger partial charge in [0.2, 0.25) is 0 Å². The summed E-state index contributed by atoms with van der Waals surface area (Å²) < 4.78 is 5.06. The molecule has 1 aromatic carbocycles. The largest absolute Gasteiger partial charge is 0.445 e. The van der Waals surface area contributed by atoms with Gasteiger partial charge in [-0.2, -0.15) is 0 Å².